The number of halogens is 3. The molecule has 0 spiro atoms. The average molecular weight is 510 g/mol. The molecule has 4 aromatic rings. The summed E-state index contributed by atoms with van der Waals surface area (Å²) in [5, 5.41) is 3.64. The molecule has 0 unspecified atom stereocenters. The first-order valence-corrected chi connectivity index (χ1v) is 12.0. The van der Waals surface area contributed by atoms with Crippen molar-refractivity contribution in [1.29, 1.82) is 0 Å². The van der Waals surface area contributed by atoms with E-state index in [9.17, 15) is 13.2 Å². The summed E-state index contributed by atoms with van der Waals surface area (Å²) in [6.45, 7) is 1.99. The highest BCUT2D eigenvalue weighted by atomic mass is 35.5. The van der Waals surface area contributed by atoms with Gasteiger partial charge in [0.1, 0.15) is 16.4 Å². The van der Waals surface area contributed by atoms with Crippen LogP contribution in [0.5, 0.6) is 0 Å². The van der Waals surface area contributed by atoms with Crippen molar-refractivity contribution < 1.29 is 22.0 Å². The Morgan fingerprint density at radius 1 is 1.12 bits per heavy atom. The van der Waals surface area contributed by atoms with Crippen LogP contribution in [-0.4, -0.2) is 25.9 Å². The van der Waals surface area contributed by atoms with E-state index in [1.54, 1.807) is 19.1 Å². The van der Waals surface area contributed by atoms with E-state index in [-0.39, 0.29) is 12.2 Å². The second-order valence-electron chi connectivity index (χ2n) is 7.22. The minimum absolute atomic E-state index is 0.129. The number of carbonyl (C=O) groups is 1. The lowest BCUT2D eigenvalue weighted by Gasteiger charge is -2.12. The molecule has 3 N–H and O–H groups in total. The number of anilines is 1. The third-order valence-electron chi connectivity index (χ3n) is 4.93. The van der Waals surface area contributed by atoms with Gasteiger partial charge in [-0.05, 0) is 43.3 Å². The smallest absolute Gasteiger partial charge is 0.264 e. The molecule has 11 heteroatoms. The van der Waals surface area contributed by atoms with E-state index in [4.69, 9.17) is 27.6 Å². The van der Waals surface area contributed by atoms with E-state index >= 15 is 4.39 Å². The molecular formula is C22H18Cl2FN3O4S. The monoisotopic (exact) mass is 509 g/mol. The van der Waals surface area contributed by atoms with E-state index in [0.29, 0.717) is 33.1 Å². The zero-order valence-corrected chi connectivity index (χ0v) is 19.5. The lowest BCUT2D eigenvalue weighted by Crippen LogP contribution is -2.27. The predicted octanol–water partition coefficient (Wildman–Crippen LogP) is 5.29. The molecule has 33 heavy (non-hydrogen) atoms. The molecule has 0 atom stereocenters. The van der Waals surface area contributed by atoms with Crippen LogP contribution in [-0.2, 0) is 16.4 Å². The van der Waals surface area contributed by atoms with Gasteiger partial charge in [0.25, 0.3) is 15.9 Å². The van der Waals surface area contributed by atoms with Crippen LogP contribution in [0.4, 0.5) is 10.1 Å². The number of aromatic nitrogens is 1. The van der Waals surface area contributed by atoms with Crippen LogP contribution in [0.2, 0.25) is 10.0 Å². The van der Waals surface area contributed by atoms with Crippen molar-refractivity contribution in [1.82, 2.24) is 10.3 Å². The zero-order chi connectivity index (χ0) is 23.8. The van der Waals surface area contributed by atoms with E-state index in [0.717, 1.165) is 11.8 Å². The molecule has 2 heterocycles. The topological polar surface area (TPSA) is 104 Å². The number of aromatic amines is 1. The number of aryl methyl sites for hydroxylation is 1. The Hall–Kier alpha value is -3.01. The first-order chi connectivity index (χ1) is 15.7. The Balaban J connectivity index is 1.56. The van der Waals surface area contributed by atoms with Crippen molar-refractivity contribution in [2.24, 2.45) is 0 Å². The molecular weight excluding hydrogens is 492 g/mol. The van der Waals surface area contributed by atoms with Crippen molar-refractivity contribution in [3.8, 4) is 0 Å². The lowest BCUT2D eigenvalue weighted by atomic mass is 10.2. The number of furan rings is 1. The molecule has 0 bridgehead atoms. The van der Waals surface area contributed by atoms with Crippen LogP contribution in [0.15, 0.2) is 58.0 Å². The largest absolute Gasteiger partial charge is 0.466 e. The van der Waals surface area contributed by atoms with Crippen LogP contribution in [0.1, 0.15) is 21.9 Å². The Bertz CT molecular complexity index is 1460. The minimum atomic E-state index is -4.38. The number of benzene rings is 2. The Kier molecular flexibility index (Phi) is 6.38. The SMILES string of the molecule is Cc1ccc(CCNC(=O)c2cccc(S(=O)(=O)Nc3ccc(Cl)c4c(Cl)c[nH]c34)c2F)o1. The number of nitrogens with one attached hydrogen (secondary N) is 3. The Morgan fingerprint density at radius 2 is 1.91 bits per heavy atom. The van der Waals surface area contributed by atoms with Gasteiger partial charge in [-0.25, -0.2) is 12.8 Å². The van der Waals surface area contributed by atoms with Crippen LogP contribution in [0.3, 0.4) is 0 Å². The molecule has 0 fully saturated rings. The van der Waals surface area contributed by atoms with Gasteiger partial charge in [-0.2, -0.15) is 0 Å². The number of fused-ring (bicyclic) bond motifs is 1. The molecule has 0 aliphatic heterocycles. The fraction of sp³-hybridized carbons (Fsp3) is 0.136. The normalized spacial score (nSPS) is 11.6. The number of hydrogen-bond acceptors (Lipinski definition) is 4. The molecule has 0 aliphatic rings. The Labute approximate surface area is 198 Å². The van der Waals surface area contributed by atoms with Gasteiger partial charge in [0.2, 0.25) is 0 Å². The molecule has 7 nitrogen and oxygen atoms in total. The maximum absolute atomic E-state index is 15.1. The maximum atomic E-state index is 15.1. The quantitative estimate of drug-likeness (QED) is 0.314. The third-order valence-corrected chi connectivity index (χ3v) is 6.93. The van der Waals surface area contributed by atoms with Crippen LogP contribution >= 0.6 is 23.2 Å². The van der Waals surface area contributed by atoms with Gasteiger partial charge in [0.15, 0.2) is 5.82 Å². The molecule has 0 aliphatic carbocycles. The molecule has 0 saturated heterocycles. The highest BCUT2D eigenvalue weighted by Gasteiger charge is 2.25. The Morgan fingerprint density at radius 3 is 2.64 bits per heavy atom. The molecule has 2 aromatic carbocycles. The van der Waals surface area contributed by atoms with E-state index in [1.807, 2.05) is 0 Å². The summed E-state index contributed by atoms with van der Waals surface area (Å²) in [5.41, 5.74) is 0.0838. The average Bonchev–Trinajstić information content (AvgIpc) is 3.36. The highest BCUT2D eigenvalue weighted by molar-refractivity contribution is 7.92. The van der Waals surface area contributed by atoms with E-state index in [1.165, 1.54) is 30.5 Å². The predicted molar refractivity (Wildman–Crippen MR) is 125 cm³/mol. The van der Waals surface area contributed by atoms with E-state index in [2.05, 4.69) is 15.0 Å². The fourth-order valence-electron chi connectivity index (χ4n) is 3.36. The molecule has 172 valence electrons. The summed E-state index contributed by atoms with van der Waals surface area (Å²) in [6.07, 6.45) is 1.87. The fourth-order valence-corrected chi connectivity index (χ4v) is 5.09. The number of H-pyrrole nitrogens is 1. The van der Waals surface area contributed by atoms with Gasteiger partial charge in [0, 0.05) is 24.5 Å². The van der Waals surface area contributed by atoms with Crippen molar-refractivity contribution in [3.05, 3.63) is 81.6 Å². The zero-order valence-electron chi connectivity index (χ0n) is 17.2. The molecule has 0 saturated carbocycles. The number of rotatable bonds is 7. The van der Waals surface area contributed by atoms with Crippen molar-refractivity contribution in [2.75, 3.05) is 11.3 Å². The highest BCUT2D eigenvalue weighted by Crippen LogP contribution is 2.35. The molecule has 2 aromatic heterocycles. The number of sulfonamides is 1. The summed E-state index contributed by atoms with van der Waals surface area (Å²) >= 11 is 12.2. The van der Waals surface area contributed by atoms with Crippen LogP contribution in [0, 0.1) is 12.7 Å². The summed E-state index contributed by atoms with van der Waals surface area (Å²) in [4.78, 5) is 14.7. The van der Waals surface area contributed by atoms with Gasteiger partial charge in [-0.3, -0.25) is 9.52 Å². The minimum Gasteiger partial charge on any atom is -0.466 e. The van der Waals surface area contributed by atoms with Gasteiger partial charge < -0.3 is 14.7 Å². The maximum Gasteiger partial charge on any atom is 0.264 e. The van der Waals surface area contributed by atoms with Crippen LogP contribution in [0.25, 0.3) is 10.9 Å². The third kappa shape index (κ3) is 4.71. The molecule has 0 radical (unpaired) electrons. The van der Waals surface area contributed by atoms with Crippen molar-refractivity contribution in [2.45, 2.75) is 18.2 Å². The van der Waals surface area contributed by atoms with Gasteiger partial charge in [-0.1, -0.05) is 29.3 Å². The lowest BCUT2D eigenvalue weighted by molar-refractivity contribution is 0.0949. The first kappa shape index (κ1) is 23.2. The van der Waals surface area contributed by atoms with Crippen LogP contribution < -0.4 is 10.0 Å². The first-order valence-electron chi connectivity index (χ1n) is 9.77. The number of hydrogen-bond donors (Lipinski definition) is 3. The van der Waals surface area contributed by atoms with Gasteiger partial charge in [-0.15, -0.1) is 0 Å². The van der Waals surface area contributed by atoms with Gasteiger partial charge >= 0.3 is 0 Å². The summed E-state index contributed by atoms with van der Waals surface area (Å²) in [6, 6.07) is 10.1. The summed E-state index contributed by atoms with van der Waals surface area (Å²) in [7, 11) is -4.38. The molecule has 1 amide bonds. The second kappa shape index (κ2) is 9.09. The summed E-state index contributed by atoms with van der Waals surface area (Å²) in [5.74, 6) is -0.483. The number of amides is 1. The molecule has 4 rings (SSSR count). The second-order valence-corrected chi connectivity index (χ2v) is 9.69. The standard InChI is InChI=1S/C22H18Cl2FN3O4S/c1-12-5-6-13(32-12)9-10-26-22(29)14-3-2-4-18(20(14)25)33(30,31)28-17-8-7-15(23)19-16(24)11-27-21(17)19/h2-8,11,27-28H,9-10H2,1H3,(H,26,29). The van der Waals surface area contributed by atoms with E-state index < -0.39 is 32.2 Å². The van der Waals surface area contributed by atoms with Crippen molar-refractivity contribution >= 4 is 55.7 Å². The number of carbonyl (C=O) groups excluding carboxylic acids is 1. The van der Waals surface area contributed by atoms with Gasteiger partial charge in [0.05, 0.1) is 26.8 Å². The van der Waals surface area contributed by atoms with Crippen molar-refractivity contribution in [3.63, 3.8) is 0 Å². The summed E-state index contributed by atoms with van der Waals surface area (Å²) < 4.78 is 48.8.